The summed E-state index contributed by atoms with van der Waals surface area (Å²) in [6.45, 7) is 9.61. The Hall–Kier alpha value is -2.20. The molecule has 0 radical (unpaired) electrons. The van der Waals surface area contributed by atoms with Crippen molar-refractivity contribution in [1.29, 1.82) is 0 Å². The number of hydrogen-bond acceptors (Lipinski definition) is 4. The molecule has 0 amide bonds. The van der Waals surface area contributed by atoms with Crippen LogP contribution in [0, 0.1) is 34.5 Å². The maximum absolute atomic E-state index is 14.0. The summed E-state index contributed by atoms with van der Waals surface area (Å²) in [5, 5.41) is 3.90. The molecule has 2 saturated carbocycles. The minimum atomic E-state index is -0.133. The Morgan fingerprint density at radius 2 is 1.80 bits per heavy atom. The molecule has 0 aliphatic heterocycles. The summed E-state index contributed by atoms with van der Waals surface area (Å²) in [7, 11) is 3.20. The molecular formula is C24H35N3O3. The van der Waals surface area contributed by atoms with Crippen molar-refractivity contribution in [3.63, 3.8) is 0 Å². The van der Waals surface area contributed by atoms with Gasteiger partial charge in [0.05, 0.1) is 14.2 Å². The van der Waals surface area contributed by atoms with E-state index in [9.17, 15) is 4.79 Å². The normalized spacial score (nSPS) is 32.5. The summed E-state index contributed by atoms with van der Waals surface area (Å²) in [5.41, 5.74) is 9.61. The molecule has 3 rings (SSSR count). The zero-order valence-corrected chi connectivity index (χ0v) is 19.1. The summed E-state index contributed by atoms with van der Waals surface area (Å²) >= 11 is 0. The minimum absolute atomic E-state index is 0.0819. The van der Waals surface area contributed by atoms with E-state index in [4.69, 9.17) is 15.0 Å². The van der Waals surface area contributed by atoms with Gasteiger partial charge in [-0.2, -0.15) is 0 Å². The molecule has 6 nitrogen and oxygen atoms in total. The monoisotopic (exact) mass is 413 g/mol. The first-order valence-corrected chi connectivity index (χ1v) is 11.0. The van der Waals surface area contributed by atoms with Crippen molar-refractivity contribution in [3.8, 4) is 11.5 Å². The lowest BCUT2D eigenvalue weighted by Gasteiger charge is -2.60. The number of azide groups is 1. The molecule has 0 unspecified atom stereocenters. The lowest BCUT2D eigenvalue weighted by Crippen LogP contribution is -2.56. The van der Waals surface area contributed by atoms with Crippen LogP contribution in [0.25, 0.3) is 10.4 Å². The molecule has 6 heteroatoms. The molecule has 164 valence electrons. The van der Waals surface area contributed by atoms with Gasteiger partial charge in [-0.25, -0.2) is 0 Å². The Balaban J connectivity index is 2.08. The molecule has 0 heterocycles. The molecule has 0 saturated heterocycles. The molecule has 0 bridgehead atoms. The third-order valence-electron chi connectivity index (χ3n) is 8.09. The number of benzene rings is 1. The van der Waals surface area contributed by atoms with Crippen molar-refractivity contribution < 1.29 is 14.3 Å². The van der Waals surface area contributed by atoms with E-state index in [1.807, 2.05) is 12.1 Å². The summed E-state index contributed by atoms with van der Waals surface area (Å²) in [4.78, 5) is 17.0. The molecule has 30 heavy (non-hydrogen) atoms. The molecule has 0 aromatic heterocycles. The van der Waals surface area contributed by atoms with Gasteiger partial charge in [0.1, 0.15) is 11.5 Å². The second-order valence-corrected chi connectivity index (χ2v) is 10.1. The topological polar surface area (TPSA) is 84.3 Å². The first-order chi connectivity index (χ1) is 14.2. The van der Waals surface area contributed by atoms with Gasteiger partial charge in [-0.1, -0.05) is 39.2 Å². The van der Waals surface area contributed by atoms with Gasteiger partial charge in [-0.15, -0.1) is 0 Å². The molecule has 2 aliphatic carbocycles. The first kappa shape index (κ1) is 22.5. The van der Waals surface area contributed by atoms with E-state index < -0.39 is 0 Å². The van der Waals surface area contributed by atoms with Crippen LogP contribution < -0.4 is 9.47 Å². The number of ketones is 1. The van der Waals surface area contributed by atoms with Crippen LogP contribution in [0.3, 0.4) is 0 Å². The Bertz CT molecular complexity index is 824. The van der Waals surface area contributed by atoms with Crippen LogP contribution in [-0.2, 0) is 0 Å². The number of Topliss-reactive ketones (excluding diaryl/α,β-unsaturated/α-hetero) is 1. The molecule has 1 aromatic rings. The van der Waals surface area contributed by atoms with Gasteiger partial charge in [-0.3, -0.25) is 4.79 Å². The number of hydrogen-bond donors (Lipinski definition) is 0. The van der Waals surface area contributed by atoms with Gasteiger partial charge in [-0.05, 0) is 65.5 Å². The molecule has 5 atom stereocenters. The molecule has 2 aliphatic rings. The van der Waals surface area contributed by atoms with Gasteiger partial charge in [0.15, 0.2) is 5.78 Å². The van der Waals surface area contributed by atoms with Gasteiger partial charge >= 0.3 is 0 Å². The summed E-state index contributed by atoms with van der Waals surface area (Å²) in [6, 6.07) is 5.43. The van der Waals surface area contributed by atoms with E-state index in [0.717, 1.165) is 19.3 Å². The summed E-state index contributed by atoms with van der Waals surface area (Å²) in [6.07, 6.45) is 4.37. The van der Waals surface area contributed by atoms with Crippen LogP contribution in [-0.4, -0.2) is 26.5 Å². The Kier molecular flexibility index (Phi) is 6.37. The van der Waals surface area contributed by atoms with Crippen LogP contribution in [0.4, 0.5) is 0 Å². The van der Waals surface area contributed by atoms with Crippen molar-refractivity contribution in [3.05, 3.63) is 34.2 Å². The van der Waals surface area contributed by atoms with E-state index in [1.54, 1.807) is 20.3 Å². The molecule has 2 fully saturated rings. The van der Waals surface area contributed by atoms with Crippen LogP contribution in [0.2, 0.25) is 0 Å². The van der Waals surface area contributed by atoms with Gasteiger partial charge in [0.2, 0.25) is 0 Å². The quantitative estimate of drug-likeness (QED) is 0.237. The zero-order valence-electron chi connectivity index (χ0n) is 19.1. The summed E-state index contributed by atoms with van der Waals surface area (Å²) < 4.78 is 10.8. The van der Waals surface area contributed by atoms with Crippen molar-refractivity contribution in [1.82, 2.24) is 0 Å². The molecular weight excluding hydrogens is 378 g/mol. The number of ether oxygens (including phenoxy) is 2. The third kappa shape index (κ3) is 3.90. The number of carbonyl (C=O) groups is 1. The van der Waals surface area contributed by atoms with Crippen LogP contribution in [0.15, 0.2) is 23.3 Å². The van der Waals surface area contributed by atoms with Crippen LogP contribution in [0.5, 0.6) is 11.5 Å². The number of rotatable bonds is 6. The fourth-order valence-corrected chi connectivity index (χ4v) is 6.57. The smallest absolute Gasteiger partial charge is 0.167 e. The van der Waals surface area contributed by atoms with E-state index in [0.29, 0.717) is 29.5 Å². The maximum Gasteiger partial charge on any atom is 0.167 e. The number of nitrogens with zero attached hydrogens (tertiary/aromatic N) is 3. The number of methoxy groups -OCH3 is 2. The van der Waals surface area contributed by atoms with Gasteiger partial charge < -0.3 is 9.47 Å². The fourth-order valence-electron chi connectivity index (χ4n) is 6.57. The molecule has 0 N–H and O–H groups in total. The van der Waals surface area contributed by atoms with E-state index in [2.05, 4.69) is 37.7 Å². The average molecular weight is 414 g/mol. The maximum atomic E-state index is 14.0. The minimum Gasteiger partial charge on any atom is -0.497 e. The standard InChI is InChI=1S/C24H35N3O3/c1-15-17(14-26-27-25)12-20-23(2,3)8-7-9-24(20,4)21(15)22(28)16-10-18(29-5)13-19(11-16)30-6/h10-11,13,15,17,20-21H,7-9,12,14H2,1-6H3/t15-,17+,20-,21+,24+/m0/s1. The average Bonchev–Trinajstić information content (AvgIpc) is 2.71. The SMILES string of the molecule is COc1cc(OC)cc(C(=O)[C@H]2[C@@H](C)[C@@H](CN=[N+]=[N-])C[C@H]3C(C)(C)CCC[C@@]23C)c1. The van der Waals surface area contributed by atoms with E-state index in [1.165, 1.54) is 6.42 Å². The second kappa shape index (κ2) is 8.50. The highest BCUT2D eigenvalue weighted by atomic mass is 16.5. The highest BCUT2D eigenvalue weighted by Crippen LogP contribution is 2.63. The molecule has 1 aromatic carbocycles. The van der Waals surface area contributed by atoms with Crippen molar-refractivity contribution in [2.75, 3.05) is 20.8 Å². The largest absolute Gasteiger partial charge is 0.497 e. The third-order valence-corrected chi connectivity index (χ3v) is 8.09. The van der Waals surface area contributed by atoms with E-state index in [-0.39, 0.29) is 34.4 Å². The zero-order chi connectivity index (χ0) is 22.1. The highest BCUT2D eigenvalue weighted by Gasteiger charge is 2.58. The Morgan fingerprint density at radius 3 is 2.37 bits per heavy atom. The Labute approximate surface area is 180 Å². The number of carbonyl (C=O) groups excluding carboxylic acids is 1. The lowest BCUT2D eigenvalue weighted by molar-refractivity contribution is -0.0997. The Morgan fingerprint density at radius 1 is 1.17 bits per heavy atom. The summed E-state index contributed by atoms with van der Waals surface area (Å²) in [5.74, 6) is 2.01. The van der Waals surface area contributed by atoms with Crippen LogP contribution in [0.1, 0.15) is 63.7 Å². The fraction of sp³-hybridized carbons (Fsp3) is 0.708. The first-order valence-electron chi connectivity index (χ1n) is 11.0. The van der Waals surface area contributed by atoms with E-state index >= 15 is 0 Å². The van der Waals surface area contributed by atoms with Crippen LogP contribution >= 0.6 is 0 Å². The second-order valence-electron chi connectivity index (χ2n) is 10.1. The predicted octanol–water partition coefficient (Wildman–Crippen LogP) is 6.30. The molecule has 0 spiro atoms. The van der Waals surface area contributed by atoms with Crippen molar-refractivity contribution >= 4 is 5.78 Å². The highest BCUT2D eigenvalue weighted by molar-refractivity contribution is 5.99. The van der Waals surface area contributed by atoms with Crippen molar-refractivity contribution in [2.24, 2.45) is 39.6 Å². The predicted molar refractivity (Wildman–Crippen MR) is 118 cm³/mol. The lowest BCUT2D eigenvalue weighted by atomic mass is 9.44. The number of fused-ring (bicyclic) bond motifs is 1. The van der Waals surface area contributed by atoms with Crippen molar-refractivity contribution in [2.45, 2.75) is 53.4 Å². The van der Waals surface area contributed by atoms with Gasteiger partial charge in [0, 0.05) is 29.0 Å². The van der Waals surface area contributed by atoms with Gasteiger partial charge in [0.25, 0.3) is 0 Å².